The summed E-state index contributed by atoms with van der Waals surface area (Å²) >= 11 is 0. The predicted molar refractivity (Wildman–Crippen MR) is 134 cm³/mol. The summed E-state index contributed by atoms with van der Waals surface area (Å²) in [6.07, 6.45) is 1.33. The summed E-state index contributed by atoms with van der Waals surface area (Å²) in [7, 11) is 0. The van der Waals surface area contributed by atoms with Gasteiger partial charge in [0.15, 0.2) is 11.5 Å². The number of anilines is 1. The molecule has 36 heavy (non-hydrogen) atoms. The molecule has 2 aromatic carbocycles. The maximum absolute atomic E-state index is 12.9. The molecule has 0 radical (unpaired) electrons. The van der Waals surface area contributed by atoms with E-state index in [1.807, 2.05) is 61.9 Å². The lowest BCUT2D eigenvalue weighted by Crippen LogP contribution is -2.33. The first-order valence-corrected chi connectivity index (χ1v) is 11.5. The average Bonchev–Trinajstić information content (AvgIpc) is 3.50. The minimum atomic E-state index is -0.722. The van der Waals surface area contributed by atoms with E-state index < -0.39 is 22.8 Å². The standard InChI is InChI=1S/C26H26N4O6/c1-4-28(5-2)26(32)36-21-10-9-20-19(13-14-29(20)16-18-8-6-7-17(3)15-18)24(21)27-25(31)22-11-12-23(35-22)30(33)34/h6-15H,4-5,16H2,1-3H3,(H,27,31). The van der Waals surface area contributed by atoms with Crippen LogP contribution in [0.2, 0.25) is 0 Å². The van der Waals surface area contributed by atoms with E-state index in [-0.39, 0.29) is 17.2 Å². The molecule has 0 aliphatic rings. The molecule has 0 bridgehead atoms. The summed E-state index contributed by atoms with van der Waals surface area (Å²) in [6, 6.07) is 15.7. The van der Waals surface area contributed by atoms with E-state index in [0.717, 1.165) is 22.7 Å². The normalized spacial score (nSPS) is 10.9. The zero-order valence-electron chi connectivity index (χ0n) is 20.2. The van der Waals surface area contributed by atoms with Crippen LogP contribution in [-0.4, -0.2) is 39.5 Å². The van der Waals surface area contributed by atoms with Crippen molar-refractivity contribution in [3.05, 3.63) is 87.8 Å². The van der Waals surface area contributed by atoms with Gasteiger partial charge in [-0.2, -0.15) is 0 Å². The summed E-state index contributed by atoms with van der Waals surface area (Å²) in [5, 5.41) is 14.3. The van der Waals surface area contributed by atoms with E-state index in [9.17, 15) is 19.7 Å². The number of hydrogen-bond donors (Lipinski definition) is 1. The third-order valence-electron chi connectivity index (χ3n) is 5.80. The number of nitrogens with one attached hydrogen (secondary N) is 1. The van der Waals surface area contributed by atoms with E-state index in [2.05, 4.69) is 11.4 Å². The number of aryl methyl sites for hydroxylation is 1. The molecule has 0 aliphatic carbocycles. The average molecular weight is 491 g/mol. The Labute approximate surface area is 207 Å². The number of nitro groups is 1. The van der Waals surface area contributed by atoms with E-state index in [0.29, 0.717) is 25.0 Å². The largest absolute Gasteiger partial charge is 0.433 e. The van der Waals surface area contributed by atoms with Gasteiger partial charge in [0.25, 0.3) is 5.91 Å². The van der Waals surface area contributed by atoms with Crippen molar-refractivity contribution in [2.75, 3.05) is 18.4 Å². The van der Waals surface area contributed by atoms with Gasteiger partial charge in [0, 0.05) is 31.2 Å². The third-order valence-corrected chi connectivity index (χ3v) is 5.80. The smallest absolute Gasteiger partial charge is 0.408 e. The van der Waals surface area contributed by atoms with Gasteiger partial charge in [-0.15, -0.1) is 0 Å². The van der Waals surface area contributed by atoms with Crippen LogP contribution in [0, 0.1) is 17.0 Å². The quantitative estimate of drug-likeness (QED) is 0.254. The lowest BCUT2D eigenvalue weighted by molar-refractivity contribution is -0.402. The zero-order chi connectivity index (χ0) is 25.8. The van der Waals surface area contributed by atoms with Gasteiger partial charge in [0.05, 0.1) is 17.3 Å². The Bertz CT molecular complexity index is 1430. The Hall–Kier alpha value is -4.60. The Balaban J connectivity index is 1.73. The van der Waals surface area contributed by atoms with Crippen LogP contribution < -0.4 is 10.1 Å². The maximum atomic E-state index is 12.9. The number of fused-ring (bicyclic) bond motifs is 1. The van der Waals surface area contributed by atoms with Crippen molar-refractivity contribution < 1.29 is 23.7 Å². The van der Waals surface area contributed by atoms with E-state index in [1.54, 1.807) is 6.07 Å². The molecular weight excluding hydrogens is 464 g/mol. The fourth-order valence-corrected chi connectivity index (χ4v) is 3.97. The highest BCUT2D eigenvalue weighted by molar-refractivity contribution is 6.09. The number of aromatic nitrogens is 1. The van der Waals surface area contributed by atoms with Gasteiger partial charge in [-0.1, -0.05) is 29.8 Å². The Kier molecular flexibility index (Phi) is 7.05. The molecule has 0 spiro atoms. The number of ether oxygens (including phenoxy) is 1. The highest BCUT2D eigenvalue weighted by atomic mass is 16.6. The van der Waals surface area contributed by atoms with Crippen molar-refractivity contribution in [3.63, 3.8) is 0 Å². The Morgan fingerprint density at radius 3 is 2.56 bits per heavy atom. The van der Waals surface area contributed by atoms with Crippen LogP contribution in [0.1, 0.15) is 35.5 Å². The number of carbonyl (C=O) groups excluding carboxylic acids is 2. The van der Waals surface area contributed by atoms with Gasteiger partial charge >= 0.3 is 12.0 Å². The lowest BCUT2D eigenvalue weighted by atomic mass is 10.1. The Morgan fingerprint density at radius 1 is 1.11 bits per heavy atom. The number of furan rings is 1. The first kappa shape index (κ1) is 24.5. The van der Waals surface area contributed by atoms with Crippen LogP contribution in [0.4, 0.5) is 16.4 Å². The first-order valence-electron chi connectivity index (χ1n) is 11.5. The topological polar surface area (TPSA) is 120 Å². The van der Waals surface area contributed by atoms with Crippen LogP contribution in [0.3, 0.4) is 0 Å². The third kappa shape index (κ3) is 5.07. The molecule has 0 aliphatic heterocycles. The van der Waals surface area contributed by atoms with Crippen LogP contribution in [0.25, 0.3) is 10.9 Å². The second-order valence-corrected chi connectivity index (χ2v) is 8.19. The second kappa shape index (κ2) is 10.3. The van der Waals surface area contributed by atoms with Crippen LogP contribution in [0.5, 0.6) is 5.75 Å². The van der Waals surface area contributed by atoms with Crippen molar-refractivity contribution in [1.82, 2.24) is 9.47 Å². The van der Waals surface area contributed by atoms with Gasteiger partial charge in [-0.25, -0.2) is 4.79 Å². The molecule has 10 nitrogen and oxygen atoms in total. The molecule has 2 heterocycles. The summed E-state index contributed by atoms with van der Waals surface area (Å²) in [6.45, 7) is 7.23. The van der Waals surface area contributed by atoms with E-state index in [1.165, 1.54) is 11.0 Å². The van der Waals surface area contributed by atoms with Crippen molar-refractivity contribution in [3.8, 4) is 5.75 Å². The molecule has 0 saturated carbocycles. The SMILES string of the molecule is CCN(CC)C(=O)Oc1ccc2c(ccn2Cc2cccc(C)c2)c1NC(=O)c1ccc([N+](=O)[O-])o1. The summed E-state index contributed by atoms with van der Waals surface area (Å²) in [5.41, 5.74) is 3.33. The highest BCUT2D eigenvalue weighted by Gasteiger charge is 2.22. The molecule has 4 rings (SSSR count). The molecule has 186 valence electrons. The molecule has 2 amide bonds. The van der Waals surface area contributed by atoms with Gasteiger partial charge in [-0.3, -0.25) is 14.9 Å². The van der Waals surface area contributed by atoms with Crippen molar-refractivity contribution in [2.45, 2.75) is 27.3 Å². The van der Waals surface area contributed by atoms with E-state index in [4.69, 9.17) is 9.15 Å². The highest BCUT2D eigenvalue weighted by Crippen LogP contribution is 2.35. The van der Waals surface area contributed by atoms with Crippen molar-refractivity contribution in [1.29, 1.82) is 0 Å². The second-order valence-electron chi connectivity index (χ2n) is 8.19. The molecular formula is C26H26N4O6. The van der Waals surface area contributed by atoms with Gasteiger partial charge in [-0.05, 0) is 50.6 Å². The summed E-state index contributed by atoms with van der Waals surface area (Å²) in [4.78, 5) is 37.3. The van der Waals surface area contributed by atoms with Gasteiger partial charge in [0.1, 0.15) is 4.92 Å². The molecule has 0 saturated heterocycles. The van der Waals surface area contributed by atoms with Crippen LogP contribution >= 0.6 is 0 Å². The minimum absolute atomic E-state index is 0.155. The van der Waals surface area contributed by atoms with Gasteiger partial charge in [0.2, 0.25) is 0 Å². The number of hydrogen-bond acceptors (Lipinski definition) is 6. The molecule has 1 N–H and O–H groups in total. The maximum Gasteiger partial charge on any atom is 0.433 e. The molecule has 0 fully saturated rings. The number of amides is 2. The lowest BCUT2D eigenvalue weighted by Gasteiger charge is -2.19. The minimum Gasteiger partial charge on any atom is -0.408 e. The molecule has 2 aromatic heterocycles. The van der Waals surface area contributed by atoms with Crippen LogP contribution in [-0.2, 0) is 6.54 Å². The molecule has 10 heteroatoms. The summed E-state index contributed by atoms with van der Waals surface area (Å²) < 4.78 is 12.7. The molecule has 4 aromatic rings. The first-order chi connectivity index (χ1) is 17.3. The fourth-order valence-electron chi connectivity index (χ4n) is 3.97. The zero-order valence-corrected chi connectivity index (χ0v) is 20.2. The number of carbonyl (C=O) groups is 2. The number of benzene rings is 2. The number of nitrogens with zero attached hydrogens (tertiary/aromatic N) is 3. The summed E-state index contributed by atoms with van der Waals surface area (Å²) in [5.74, 6) is -1.33. The van der Waals surface area contributed by atoms with Gasteiger partial charge < -0.3 is 23.9 Å². The van der Waals surface area contributed by atoms with Crippen LogP contribution in [0.15, 0.2) is 65.2 Å². The van der Waals surface area contributed by atoms with Crippen molar-refractivity contribution >= 4 is 34.5 Å². The monoisotopic (exact) mass is 490 g/mol. The fraction of sp³-hybridized carbons (Fsp3) is 0.231. The Morgan fingerprint density at radius 2 is 1.89 bits per heavy atom. The number of rotatable bonds is 8. The predicted octanol–water partition coefficient (Wildman–Crippen LogP) is 5.59. The van der Waals surface area contributed by atoms with Crippen molar-refractivity contribution in [2.24, 2.45) is 0 Å². The molecule has 0 unspecified atom stereocenters. The van der Waals surface area contributed by atoms with E-state index >= 15 is 0 Å². The molecule has 0 atom stereocenters.